The molecule has 0 bridgehead atoms. The highest BCUT2D eigenvalue weighted by atomic mass is 15.2. The Morgan fingerprint density at radius 3 is 2.61 bits per heavy atom. The summed E-state index contributed by atoms with van der Waals surface area (Å²) in [7, 11) is 4.43. The lowest BCUT2D eigenvalue weighted by Gasteiger charge is -2.36. The van der Waals surface area contributed by atoms with E-state index in [1.54, 1.807) is 0 Å². The summed E-state index contributed by atoms with van der Waals surface area (Å²) in [4.78, 5) is 5.02. The van der Waals surface area contributed by atoms with E-state index in [0.29, 0.717) is 0 Å². The predicted molar refractivity (Wildman–Crippen MR) is 78.0 cm³/mol. The van der Waals surface area contributed by atoms with Crippen LogP contribution in [0.4, 0.5) is 0 Å². The maximum absolute atomic E-state index is 3.66. The van der Waals surface area contributed by atoms with Crippen molar-refractivity contribution in [1.29, 1.82) is 0 Å². The van der Waals surface area contributed by atoms with Gasteiger partial charge in [0.2, 0.25) is 0 Å². The molecule has 18 heavy (non-hydrogen) atoms. The molecule has 106 valence electrons. The summed E-state index contributed by atoms with van der Waals surface area (Å²) in [5.74, 6) is 0.973. The maximum atomic E-state index is 3.66. The molecule has 2 fully saturated rings. The summed E-state index contributed by atoms with van der Waals surface area (Å²) in [5, 5.41) is 3.66. The Morgan fingerprint density at radius 2 is 1.89 bits per heavy atom. The van der Waals surface area contributed by atoms with Crippen LogP contribution in [0.15, 0.2) is 0 Å². The maximum Gasteiger partial charge on any atom is 0.0217 e. The Kier molecular flexibility index (Phi) is 5.93. The highest BCUT2D eigenvalue weighted by Gasteiger charge is 2.20. The molecule has 0 amide bonds. The number of rotatable bonds is 6. The fraction of sp³-hybridized carbons (Fsp3) is 1.00. The first-order valence-corrected chi connectivity index (χ1v) is 7.85. The minimum Gasteiger partial charge on any atom is -0.315 e. The fourth-order valence-corrected chi connectivity index (χ4v) is 3.41. The Morgan fingerprint density at radius 1 is 1.11 bits per heavy atom. The summed E-state index contributed by atoms with van der Waals surface area (Å²) >= 11 is 0. The molecular weight excluding hydrogens is 222 g/mol. The molecule has 0 spiro atoms. The average Bonchev–Trinajstić information content (AvgIpc) is 2.88. The van der Waals surface area contributed by atoms with E-state index in [4.69, 9.17) is 0 Å². The van der Waals surface area contributed by atoms with Gasteiger partial charge in [-0.2, -0.15) is 0 Å². The number of likely N-dealkylation sites (N-methyl/N-ethyl adjacent to an activating group) is 1. The molecule has 0 aromatic carbocycles. The molecule has 2 rings (SSSR count). The molecular formula is C15H31N3. The van der Waals surface area contributed by atoms with Gasteiger partial charge in [0.15, 0.2) is 0 Å². The van der Waals surface area contributed by atoms with Crippen molar-refractivity contribution in [3.8, 4) is 0 Å². The lowest BCUT2D eigenvalue weighted by atomic mass is 10.1. The zero-order chi connectivity index (χ0) is 12.8. The Bertz CT molecular complexity index is 224. The minimum absolute atomic E-state index is 0.772. The van der Waals surface area contributed by atoms with E-state index in [1.165, 1.54) is 71.2 Å². The standard InChI is InChI=1S/C15H31N3/c1-17(2)15-8-5-10-18(13-15)11-9-16-12-14-6-3-4-7-14/h14-16H,3-13H2,1-2H3. The van der Waals surface area contributed by atoms with Crippen molar-refractivity contribution in [1.82, 2.24) is 15.1 Å². The normalized spacial score (nSPS) is 27.2. The molecule has 1 saturated heterocycles. The number of hydrogen-bond acceptors (Lipinski definition) is 3. The third-order valence-corrected chi connectivity index (χ3v) is 4.72. The van der Waals surface area contributed by atoms with E-state index in [9.17, 15) is 0 Å². The van der Waals surface area contributed by atoms with Gasteiger partial charge in [-0.3, -0.25) is 0 Å². The second-order valence-corrected chi connectivity index (χ2v) is 6.41. The molecule has 2 aliphatic rings. The van der Waals surface area contributed by atoms with E-state index >= 15 is 0 Å². The largest absolute Gasteiger partial charge is 0.315 e. The van der Waals surface area contributed by atoms with E-state index in [2.05, 4.69) is 29.2 Å². The zero-order valence-electron chi connectivity index (χ0n) is 12.3. The van der Waals surface area contributed by atoms with Gasteiger partial charge in [0.1, 0.15) is 0 Å². The summed E-state index contributed by atoms with van der Waals surface area (Å²) in [6.45, 7) is 6.23. The van der Waals surface area contributed by atoms with Crippen LogP contribution >= 0.6 is 0 Å². The van der Waals surface area contributed by atoms with Crippen LogP contribution < -0.4 is 5.32 Å². The lowest BCUT2D eigenvalue weighted by Crippen LogP contribution is -2.47. The van der Waals surface area contributed by atoms with Crippen LogP contribution in [0.2, 0.25) is 0 Å². The average molecular weight is 253 g/mol. The third kappa shape index (κ3) is 4.52. The van der Waals surface area contributed by atoms with Gasteiger partial charge in [0.05, 0.1) is 0 Å². The van der Waals surface area contributed by atoms with Gasteiger partial charge in [-0.1, -0.05) is 12.8 Å². The Balaban J connectivity index is 1.55. The number of nitrogens with one attached hydrogen (secondary N) is 1. The molecule has 3 nitrogen and oxygen atoms in total. The van der Waals surface area contributed by atoms with Crippen LogP contribution in [-0.4, -0.2) is 62.7 Å². The molecule has 0 radical (unpaired) electrons. The Labute approximate surface area is 113 Å². The fourth-order valence-electron chi connectivity index (χ4n) is 3.41. The molecule has 1 saturated carbocycles. The molecule has 1 unspecified atom stereocenters. The van der Waals surface area contributed by atoms with Crippen molar-refractivity contribution in [2.24, 2.45) is 5.92 Å². The SMILES string of the molecule is CN(C)C1CCCN(CCNCC2CCCC2)C1. The van der Waals surface area contributed by atoms with Crippen molar-refractivity contribution >= 4 is 0 Å². The van der Waals surface area contributed by atoms with Crippen LogP contribution in [0.5, 0.6) is 0 Å². The minimum atomic E-state index is 0.772. The van der Waals surface area contributed by atoms with Crippen molar-refractivity contribution in [3.05, 3.63) is 0 Å². The number of hydrogen-bond donors (Lipinski definition) is 1. The van der Waals surface area contributed by atoms with Crippen LogP contribution in [0.1, 0.15) is 38.5 Å². The van der Waals surface area contributed by atoms with E-state index < -0.39 is 0 Å². The first kappa shape index (κ1) is 14.3. The summed E-state index contributed by atoms with van der Waals surface area (Å²) < 4.78 is 0. The van der Waals surface area contributed by atoms with Gasteiger partial charge in [0.25, 0.3) is 0 Å². The van der Waals surface area contributed by atoms with Crippen LogP contribution in [0.25, 0.3) is 0 Å². The molecule has 1 aliphatic carbocycles. The smallest absolute Gasteiger partial charge is 0.0217 e. The monoisotopic (exact) mass is 253 g/mol. The predicted octanol–water partition coefficient (Wildman–Crippen LogP) is 1.79. The number of likely N-dealkylation sites (tertiary alicyclic amines) is 1. The molecule has 0 aromatic heterocycles. The number of piperidine rings is 1. The second-order valence-electron chi connectivity index (χ2n) is 6.41. The molecule has 1 atom stereocenters. The Hall–Kier alpha value is -0.120. The zero-order valence-corrected chi connectivity index (χ0v) is 12.3. The summed E-state index contributed by atoms with van der Waals surface area (Å²) in [5.41, 5.74) is 0. The van der Waals surface area contributed by atoms with Gasteiger partial charge in [0, 0.05) is 25.7 Å². The lowest BCUT2D eigenvalue weighted by molar-refractivity contribution is 0.133. The van der Waals surface area contributed by atoms with Crippen molar-refractivity contribution in [2.75, 3.05) is 46.8 Å². The van der Waals surface area contributed by atoms with Crippen LogP contribution in [0, 0.1) is 5.92 Å². The van der Waals surface area contributed by atoms with Crippen LogP contribution in [-0.2, 0) is 0 Å². The van der Waals surface area contributed by atoms with Gasteiger partial charge in [-0.05, 0) is 58.8 Å². The molecule has 1 N–H and O–H groups in total. The van der Waals surface area contributed by atoms with E-state index in [-0.39, 0.29) is 0 Å². The highest BCUT2D eigenvalue weighted by molar-refractivity contribution is 4.78. The van der Waals surface area contributed by atoms with Crippen molar-refractivity contribution in [2.45, 2.75) is 44.6 Å². The molecule has 1 aliphatic heterocycles. The van der Waals surface area contributed by atoms with Gasteiger partial charge in [-0.15, -0.1) is 0 Å². The third-order valence-electron chi connectivity index (χ3n) is 4.72. The van der Waals surface area contributed by atoms with Gasteiger partial charge in [-0.25, -0.2) is 0 Å². The van der Waals surface area contributed by atoms with Crippen molar-refractivity contribution in [3.63, 3.8) is 0 Å². The first-order chi connectivity index (χ1) is 8.75. The highest BCUT2D eigenvalue weighted by Crippen LogP contribution is 2.23. The summed E-state index contributed by atoms with van der Waals surface area (Å²) in [6.07, 6.45) is 8.58. The topological polar surface area (TPSA) is 18.5 Å². The number of nitrogens with zero attached hydrogens (tertiary/aromatic N) is 2. The quantitative estimate of drug-likeness (QED) is 0.728. The van der Waals surface area contributed by atoms with Crippen LogP contribution in [0.3, 0.4) is 0 Å². The molecule has 1 heterocycles. The molecule has 0 aromatic rings. The van der Waals surface area contributed by atoms with E-state index in [1.807, 2.05) is 0 Å². The van der Waals surface area contributed by atoms with Gasteiger partial charge >= 0.3 is 0 Å². The summed E-state index contributed by atoms with van der Waals surface area (Å²) in [6, 6.07) is 0.772. The van der Waals surface area contributed by atoms with E-state index in [0.717, 1.165) is 12.0 Å². The van der Waals surface area contributed by atoms with Crippen molar-refractivity contribution < 1.29 is 0 Å². The van der Waals surface area contributed by atoms with Gasteiger partial charge < -0.3 is 15.1 Å². The first-order valence-electron chi connectivity index (χ1n) is 7.85. The molecule has 3 heteroatoms. The second kappa shape index (κ2) is 7.46.